The monoisotopic (exact) mass is 289 g/mol. The van der Waals surface area contributed by atoms with Gasteiger partial charge in [-0.15, -0.1) is 0 Å². The second kappa shape index (κ2) is 6.61. The molecular weight excluding hydrogens is 266 g/mol. The van der Waals surface area contributed by atoms with Crippen molar-refractivity contribution in [1.82, 2.24) is 10.2 Å². The Bertz CT molecular complexity index is 526. The summed E-state index contributed by atoms with van der Waals surface area (Å²) in [5.41, 5.74) is 1.73. The number of hydrogen-bond donors (Lipinski definition) is 2. The summed E-state index contributed by atoms with van der Waals surface area (Å²) < 4.78 is 0. The highest BCUT2D eigenvalue weighted by atomic mass is 16.2. The number of rotatable bonds is 5. The van der Waals surface area contributed by atoms with Gasteiger partial charge in [-0.25, -0.2) is 4.79 Å². The summed E-state index contributed by atoms with van der Waals surface area (Å²) in [7, 11) is 1.76. The van der Waals surface area contributed by atoms with Gasteiger partial charge in [-0.05, 0) is 43.4 Å². The van der Waals surface area contributed by atoms with Gasteiger partial charge in [0.2, 0.25) is 5.91 Å². The van der Waals surface area contributed by atoms with Crippen molar-refractivity contribution in [2.75, 3.05) is 12.4 Å². The highest BCUT2D eigenvalue weighted by molar-refractivity contribution is 5.89. The number of nitrogens with one attached hydrogen (secondary N) is 2. The molecule has 21 heavy (non-hydrogen) atoms. The van der Waals surface area contributed by atoms with E-state index in [1.54, 1.807) is 11.9 Å². The highest BCUT2D eigenvalue weighted by Gasteiger charge is 2.28. The quantitative estimate of drug-likeness (QED) is 0.875. The first kappa shape index (κ1) is 15.4. The Morgan fingerprint density at radius 2 is 2.10 bits per heavy atom. The fourth-order valence-corrected chi connectivity index (χ4v) is 2.22. The molecule has 1 aromatic rings. The lowest BCUT2D eigenvalue weighted by Crippen LogP contribution is -2.37. The number of nitrogens with zero attached hydrogens (tertiary/aromatic N) is 1. The van der Waals surface area contributed by atoms with Gasteiger partial charge in [0.1, 0.15) is 0 Å². The molecular formula is C16H23N3O2. The van der Waals surface area contributed by atoms with Crippen molar-refractivity contribution in [2.24, 2.45) is 5.92 Å². The maximum absolute atomic E-state index is 11.9. The van der Waals surface area contributed by atoms with Crippen LogP contribution in [0.2, 0.25) is 0 Å². The van der Waals surface area contributed by atoms with E-state index in [0.717, 1.165) is 11.3 Å². The minimum absolute atomic E-state index is 0.0179. The minimum Gasteiger partial charge on any atom is -0.342 e. The summed E-state index contributed by atoms with van der Waals surface area (Å²) in [6.45, 7) is 4.11. The van der Waals surface area contributed by atoms with Crippen LogP contribution in [0.3, 0.4) is 0 Å². The van der Waals surface area contributed by atoms with E-state index in [1.807, 2.05) is 31.2 Å². The predicted octanol–water partition coefficient (Wildman–Crippen LogP) is 2.58. The van der Waals surface area contributed by atoms with E-state index >= 15 is 0 Å². The van der Waals surface area contributed by atoms with Crippen LogP contribution in [0.4, 0.5) is 10.5 Å². The molecule has 3 amide bonds. The smallest absolute Gasteiger partial charge is 0.319 e. The molecule has 1 unspecified atom stereocenters. The molecule has 0 aliphatic heterocycles. The summed E-state index contributed by atoms with van der Waals surface area (Å²) in [5, 5.41) is 5.80. The van der Waals surface area contributed by atoms with Crippen LogP contribution >= 0.6 is 0 Å². The summed E-state index contributed by atoms with van der Waals surface area (Å²) in [4.78, 5) is 24.8. The molecule has 0 heterocycles. The Morgan fingerprint density at radius 1 is 1.38 bits per heavy atom. The Balaban J connectivity index is 1.90. The van der Waals surface area contributed by atoms with E-state index in [0.29, 0.717) is 12.5 Å². The van der Waals surface area contributed by atoms with Gasteiger partial charge in [0.05, 0.1) is 0 Å². The molecule has 1 aliphatic rings. The molecule has 0 aromatic heterocycles. The first-order valence-corrected chi connectivity index (χ1v) is 7.34. The predicted molar refractivity (Wildman–Crippen MR) is 82.9 cm³/mol. The summed E-state index contributed by atoms with van der Waals surface area (Å²) in [5.74, 6) is 0.649. The zero-order chi connectivity index (χ0) is 15.4. The van der Waals surface area contributed by atoms with Crippen molar-refractivity contribution in [3.8, 4) is 0 Å². The van der Waals surface area contributed by atoms with Crippen LogP contribution in [-0.2, 0) is 11.3 Å². The number of carbonyl (C=O) groups is 2. The molecule has 2 rings (SSSR count). The van der Waals surface area contributed by atoms with Crippen LogP contribution in [0, 0.1) is 5.92 Å². The molecule has 5 heteroatoms. The number of hydrogen-bond acceptors (Lipinski definition) is 2. The zero-order valence-corrected chi connectivity index (χ0v) is 12.8. The van der Waals surface area contributed by atoms with Gasteiger partial charge in [0, 0.05) is 32.2 Å². The fraction of sp³-hybridized carbons (Fsp3) is 0.500. The van der Waals surface area contributed by atoms with Gasteiger partial charge in [0.15, 0.2) is 0 Å². The molecule has 114 valence electrons. The van der Waals surface area contributed by atoms with E-state index in [9.17, 15) is 9.59 Å². The Labute approximate surface area is 125 Å². The van der Waals surface area contributed by atoms with E-state index in [-0.39, 0.29) is 18.0 Å². The maximum atomic E-state index is 11.9. The maximum Gasteiger partial charge on any atom is 0.319 e. The van der Waals surface area contributed by atoms with Crippen molar-refractivity contribution < 1.29 is 9.59 Å². The molecule has 1 fully saturated rings. The van der Waals surface area contributed by atoms with Crippen molar-refractivity contribution in [2.45, 2.75) is 39.3 Å². The lowest BCUT2D eigenvalue weighted by Gasteiger charge is -2.16. The average Bonchev–Trinajstić information content (AvgIpc) is 3.22. The molecule has 0 radical (unpaired) electrons. The van der Waals surface area contributed by atoms with Crippen LogP contribution < -0.4 is 10.6 Å². The summed E-state index contributed by atoms with van der Waals surface area (Å²) >= 11 is 0. The number of urea groups is 1. The van der Waals surface area contributed by atoms with Crippen molar-refractivity contribution in [3.63, 3.8) is 0 Å². The molecule has 0 bridgehead atoms. The minimum atomic E-state index is -0.175. The van der Waals surface area contributed by atoms with Crippen molar-refractivity contribution >= 4 is 17.6 Å². The molecule has 2 N–H and O–H groups in total. The number of benzene rings is 1. The van der Waals surface area contributed by atoms with E-state index in [1.165, 1.54) is 19.8 Å². The number of amides is 3. The topological polar surface area (TPSA) is 61.4 Å². The van der Waals surface area contributed by atoms with Crippen LogP contribution in [0.1, 0.15) is 32.3 Å². The van der Waals surface area contributed by atoms with E-state index in [4.69, 9.17) is 0 Å². The Kier molecular flexibility index (Phi) is 4.83. The van der Waals surface area contributed by atoms with Crippen LogP contribution in [-0.4, -0.2) is 29.9 Å². The molecule has 1 aliphatic carbocycles. The van der Waals surface area contributed by atoms with Gasteiger partial charge >= 0.3 is 6.03 Å². The zero-order valence-electron chi connectivity index (χ0n) is 12.8. The lowest BCUT2D eigenvalue weighted by molar-refractivity contribution is -0.128. The fourth-order valence-electron chi connectivity index (χ4n) is 2.22. The van der Waals surface area contributed by atoms with Gasteiger partial charge in [-0.3, -0.25) is 4.79 Å². The van der Waals surface area contributed by atoms with Gasteiger partial charge in [-0.1, -0.05) is 12.1 Å². The first-order chi connectivity index (χ1) is 9.95. The molecule has 1 atom stereocenters. The molecule has 5 nitrogen and oxygen atoms in total. The van der Waals surface area contributed by atoms with Gasteiger partial charge in [0.25, 0.3) is 0 Å². The Hall–Kier alpha value is -2.04. The lowest BCUT2D eigenvalue weighted by atomic mass is 10.2. The first-order valence-electron chi connectivity index (χ1n) is 7.34. The van der Waals surface area contributed by atoms with E-state index < -0.39 is 0 Å². The molecule has 0 spiro atoms. The third kappa shape index (κ3) is 4.77. The van der Waals surface area contributed by atoms with Gasteiger partial charge < -0.3 is 15.5 Å². The SMILES string of the molecule is CC(=O)N(C)Cc1cccc(NC(=O)NC(C)C2CC2)c1. The van der Waals surface area contributed by atoms with Crippen LogP contribution in [0.5, 0.6) is 0 Å². The second-order valence-corrected chi connectivity index (χ2v) is 5.80. The molecule has 1 aromatic carbocycles. The van der Waals surface area contributed by atoms with Gasteiger partial charge in [-0.2, -0.15) is 0 Å². The van der Waals surface area contributed by atoms with Crippen LogP contribution in [0.15, 0.2) is 24.3 Å². The normalized spacial score (nSPS) is 15.2. The van der Waals surface area contributed by atoms with E-state index in [2.05, 4.69) is 10.6 Å². The van der Waals surface area contributed by atoms with Crippen molar-refractivity contribution in [1.29, 1.82) is 0 Å². The number of anilines is 1. The van der Waals surface area contributed by atoms with Crippen molar-refractivity contribution in [3.05, 3.63) is 29.8 Å². The largest absolute Gasteiger partial charge is 0.342 e. The average molecular weight is 289 g/mol. The second-order valence-electron chi connectivity index (χ2n) is 5.80. The molecule has 1 saturated carbocycles. The molecule has 0 saturated heterocycles. The summed E-state index contributed by atoms with van der Waals surface area (Å²) in [6, 6.07) is 7.60. The number of carbonyl (C=O) groups excluding carboxylic acids is 2. The summed E-state index contributed by atoms with van der Waals surface area (Å²) in [6.07, 6.45) is 2.41. The highest BCUT2D eigenvalue weighted by Crippen LogP contribution is 2.32. The standard InChI is InChI=1S/C16H23N3O2/c1-11(14-7-8-14)17-16(21)18-15-6-4-5-13(9-15)10-19(3)12(2)20/h4-6,9,11,14H,7-8,10H2,1-3H3,(H2,17,18,21). The van der Waals surface area contributed by atoms with Crippen LogP contribution in [0.25, 0.3) is 0 Å². The third-order valence-corrected chi connectivity index (χ3v) is 3.83. The Morgan fingerprint density at radius 3 is 2.71 bits per heavy atom. The third-order valence-electron chi connectivity index (χ3n) is 3.83.